The van der Waals surface area contributed by atoms with Gasteiger partial charge in [-0.2, -0.15) is 0 Å². The highest BCUT2D eigenvalue weighted by Crippen LogP contribution is 2.36. The summed E-state index contributed by atoms with van der Waals surface area (Å²) in [5.74, 6) is 1.10. The van der Waals surface area contributed by atoms with Crippen molar-refractivity contribution in [1.29, 1.82) is 0 Å². The van der Waals surface area contributed by atoms with Crippen molar-refractivity contribution in [3.63, 3.8) is 0 Å². The number of carbonyl (C=O) groups excluding carboxylic acids is 1. The highest BCUT2D eigenvalue weighted by molar-refractivity contribution is 5.78. The van der Waals surface area contributed by atoms with Gasteiger partial charge in [-0.15, -0.1) is 0 Å². The topological polar surface area (TPSA) is 44.4 Å². The molecule has 0 bridgehead atoms. The van der Waals surface area contributed by atoms with E-state index in [-0.39, 0.29) is 0 Å². The summed E-state index contributed by atoms with van der Waals surface area (Å²) in [5, 5.41) is 5.27. The van der Waals surface area contributed by atoms with E-state index in [0.29, 0.717) is 18.0 Å². The van der Waals surface area contributed by atoms with Gasteiger partial charge < -0.3 is 5.32 Å². The predicted octanol–water partition coefficient (Wildman–Crippen LogP) is 0.254. The maximum Gasteiger partial charge on any atom is 0.238 e. The van der Waals surface area contributed by atoms with Gasteiger partial charge in [0.25, 0.3) is 0 Å². The van der Waals surface area contributed by atoms with Gasteiger partial charge in [-0.25, -0.2) is 5.43 Å². The van der Waals surface area contributed by atoms with Crippen molar-refractivity contribution in [2.24, 2.45) is 5.92 Å². The number of hydrogen-bond acceptors (Lipinski definition) is 3. The summed E-state index contributed by atoms with van der Waals surface area (Å²) in [5.41, 5.74) is 3.43. The van der Waals surface area contributed by atoms with Crippen LogP contribution in [0, 0.1) is 5.92 Å². The lowest BCUT2D eigenvalue weighted by Crippen LogP contribution is -2.49. The SMILES string of the molecule is O=C1CC(C2CC2)NN1C1CCNCC1. The Morgan fingerprint density at radius 1 is 1.13 bits per heavy atom. The van der Waals surface area contributed by atoms with Crippen LogP contribution in [0.5, 0.6) is 0 Å². The molecule has 0 aromatic heterocycles. The maximum absolute atomic E-state index is 11.9. The van der Waals surface area contributed by atoms with Crippen LogP contribution in [-0.2, 0) is 4.79 Å². The van der Waals surface area contributed by atoms with Gasteiger partial charge in [-0.05, 0) is 44.7 Å². The summed E-state index contributed by atoms with van der Waals surface area (Å²) in [6.07, 6.45) is 5.54. The molecule has 2 aliphatic heterocycles. The molecule has 3 aliphatic rings. The van der Waals surface area contributed by atoms with E-state index >= 15 is 0 Å². The van der Waals surface area contributed by atoms with Gasteiger partial charge in [-0.1, -0.05) is 0 Å². The molecule has 0 aromatic carbocycles. The van der Waals surface area contributed by atoms with E-state index in [1.807, 2.05) is 5.01 Å². The first-order valence-electron chi connectivity index (χ1n) is 6.13. The molecule has 0 aromatic rings. The van der Waals surface area contributed by atoms with E-state index in [2.05, 4.69) is 10.7 Å². The van der Waals surface area contributed by atoms with Crippen molar-refractivity contribution in [3.8, 4) is 0 Å². The van der Waals surface area contributed by atoms with Crippen molar-refractivity contribution < 1.29 is 4.79 Å². The van der Waals surface area contributed by atoms with Gasteiger partial charge in [0, 0.05) is 12.5 Å². The zero-order valence-corrected chi connectivity index (χ0v) is 9.04. The van der Waals surface area contributed by atoms with E-state index in [1.54, 1.807) is 0 Å². The average Bonchev–Trinajstić information content (AvgIpc) is 3.04. The van der Waals surface area contributed by atoms with Crippen LogP contribution in [0.3, 0.4) is 0 Å². The molecule has 0 spiro atoms. The van der Waals surface area contributed by atoms with Crippen LogP contribution >= 0.6 is 0 Å². The van der Waals surface area contributed by atoms with E-state index in [4.69, 9.17) is 0 Å². The molecule has 2 heterocycles. The van der Waals surface area contributed by atoms with E-state index in [0.717, 1.165) is 38.3 Å². The number of hydrogen-bond donors (Lipinski definition) is 2. The first-order chi connectivity index (χ1) is 7.34. The molecule has 0 radical (unpaired) electrons. The summed E-state index contributed by atoms with van der Waals surface area (Å²) >= 11 is 0. The molecular weight excluding hydrogens is 190 g/mol. The number of nitrogens with zero attached hydrogens (tertiary/aromatic N) is 1. The zero-order valence-electron chi connectivity index (χ0n) is 9.04. The molecule has 1 saturated carbocycles. The molecule has 1 unspecified atom stereocenters. The Bertz CT molecular complexity index is 259. The lowest BCUT2D eigenvalue weighted by molar-refractivity contribution is -0.132. The minimum Gasteiger partial charge on any atom is -0.317 e. The van der Waals surface area contributed by atoms with Gasteiger partial charge in [0.2, 0.25) is 5.91 Å². The van der Waals surface area contributed by atoms with E-state index in [1.165, 1.54) is 12.8 Å². The molecule has 2 saturated heterocycles. The number of carbonyl (C=O) groups is 1. The monoisotopic (exact) mass is 209 g/mol. The Labute approximate surface area is 90.4 Å². The number of piperidine rings is 1. The van der Waals surface area contributed by atoms with Gasteiger partial charge in [0.05, 0.1) is 6.04 Å². The third-order valence-corrected chi connectivity index (χ3v) is 3.83. The number of hydrazine groups is 1. The third-order valence-electron chi connectivity index (χ3n) is 3.83. The normalized spacial score (nSPS) is 33.7. The maximum atomic E-state index is 11.9. The molecule has 3 rings (SSSR count). The van der Waals surface area contributed by atoms with Crippen molar-refractivity contribution in [2.45, 2.75) is 44.2 Å². The van der Waals surface area contributed by atoms with Gasteiger partial charge in [0.15, 0.2) is 0 Å². The molecule has 2 N–H and O–H groups in total. The van der Waals surface area contributed by atoms with Crippen LogP contribution < -0.4 is 10.7 Å². The summed E-state index contributed by atoms with van der Waals surface area (Å²) in [6, 6.07) is 0.884. The Kier molecular flexibility index (Phi) is 2.41. The fourth-order valence-corrected chi connectivity index (χ4v) is 2.73. The standard InChI is InChI=1S/C11H19N3O/c15-11-7-10(8-1-2-8)13-14(11)9-3-5-12-6-4-9/h8-10,12-13H,1-7H2. The van der Waals surface area contributed by atoms with Crippen LogP contribution in [0.2, 0.25) is 0 Å². The Balaban J connectivity index is 1.62. The average molecular weight is 209 g/mol. The summed E-state index contributed by atoms with van der Waals surface area (Å²) in [6.45, 7) is 2.09. The lowest BCUT2D eigenvalue weighted by atomic mass is 10.1. The van der Waals surface area contributed by atoms with Gasteiger partial charge >= 0.3 is 0 Å². The first kappa shape index (κ1) is 9.60. The fourth-order valence-electron chi connectivity index (χ4n) is 2.73. The van der Waals surface area contributed by atoms with Crippen molar-refractivity contribution >= 4 is 5.91 Å². The van der Waals surface area contributed by atoms with Crippen molar-refractivity contribution in [2.75, 3.05) is 13.1 Å². The number of amides is 1. The highest BCUT2D eigenvalue weighted by Gasteiger charge is 2.41. The first-order valence-corrected chi connectivity index (χ1v) is 6.13. The molecular formula is C11H19N3O. The summed E-state index contributed by atoms with van der Waals surface area (Å²) in [7, 11) is 0. The summed E-state index contributed by atoms with van der Waals surface area (Å²) < 4.78 is 0. The highest BCUT2D eigenvalue weighted by atomic mass is 16.2. The molecule has 4 heteroatoms. The minimum atomic E-state index is 0.318. The molecule has 1 aliphatic carbocycles. The van der Waals surface area contributed by atoms with Crippen molar-refractivity contribution in [1.82, 2.24) is 15.8 Å². The summed E-state index contributed by atoms with van der Waals surface area (Å²) in [4.78, 5) is 11.9. The van der Waals surface area contributed by atoms with Crippen LogP contribution in [0.1, 0.15) is 32.1 Å². The Morgan fingerprint density at radius 3 is 2.53 bits per heavy atom. The molecule has 4 nitrogen and oxygen atoms in total. The number of nitrogens with one attached hydrogen (secondary N) is 2. The second kappa shape index (κ2) is 3.76. The largest absolute Gasteiger partial charge is 0.317 e. The van der Waals surface area contributed by atoms with Crippen molar-refractivity contribution in [3.05, 3.63) is 0 Å². The molecule has 84 valence electrons. The second-order valence-electron chi connectivity index (χ2n) is 5.02. The number of rotatable bonds is 2. The smallest absolute Gasteiger partial charge is 0.238 e. The molecule has 3 fully saturated rings. The van der Waals surface area contributed by atoms with Crippen LogP contribution in [-0.4, -0.2) is 36.1 Å². The van der Waals surface area contributed by atoms with Crippen LogP contribution in [0.4, 0.5) is 0 Å². The lowest BCUT2D eigenvalue weighted by Gasteiger charge is -2.31. The molecule has 15 heavy (non-hydrogen) atoms. The van der Waals surface area contributed by atoms with E-state index in [9.17, 15) is 4.79 Å². The van der Waals surface area contributed by atoms with E-state index < -0.39 is 0 Å². The predicted molar refractivity (Wildman–Crippen MR) is 57.0 cm³/mol. The fraction of sp³-hybridized carbons (Fsp3) is 0.909. The van der Waals surface area contributed by atoms with Crippen LogP contribution in [0.25, 0.3) is 0 Å². The third kappa shape index (κ3) is 1.88. The Morgan fingerprint density at radius 2 is 1.87 bits per heavy atom. The second-order valence-corrected chi connectivity index (χ2v) is 5.02. The van der Waals surface area contributed by atoms with Gasteiger partial charge in [0.1, 0.15) is 0 Å². The van der Waals surface area contributed by atoms with Crippen LogP contribution in [0.15, 0.2) is 0 Å². The van der Waals surface area contributed by atoms with Gasteiger partial charge in [-0.3, -0.25) is 9.80 Å². The molecule has 1 atom stereocenters. The zero-order chi connectivity index (χ0) is 10.3. The minimum absolute atomic E-state index is 0.318. The molecule has 1 amide bonds. The quantitative estimate of drug-likeness (QED) is 0.685. The Hall–Kier alpha value is -0.610.